The molecule has 0 spiro atoms. The number of sulfone groups is 1. The van der Waals surface area contributed by atoms with Crippen molar-refractivity contribution in [2.45, 2.75) is 6.92 Å². The van der Waals surface area contributed by atoms with E-state index in [2.05, 4.69) is 10.5 Å². The lowest BCUT2D eigenvalue weighted by Gasteiger charge is -2.03. The minimum Gasteiger partial charge on any atom is -0.267 e. The number of rotatable bonds is 7. The summed E-state index contributed by atoms with van der Waals surface area (Å²) in [5, 5.41) is 13.8. The second-order valence-electron chi connectivity index (χ2n) is 4.30. The molecule has 0 fully saturated rings. The first-order valence-corrected chi connectivity index (χ1v) is 7.83. The first-order chi connectivity index (χ1) is 9.80. The van der Waals surface area contributed by atoms with E-state index in [1.165, 1.54) is 6.92 Å². The van der Waals surface area contributed by atoms with Crippen molar-refractivity contribution in [1.29, 1.82) is 0 Å². The number of carbonyl (C=O) groups excluding carboxylic acids is 1. The van der Waals surface area contributed by atoms with Gasteiger partial charge in [-0.25, -0.2) is 13.8 Å². The van der Waals surface area contributed by atoms with Crippen molar-refractivity contribution in [1.82, 2.24) is 5.43 Å². The Morgan fingerprint density at radius 2 is 1.95 bits per heavy atom. The number of hydrogen-bond donors (Lipinski definition) is 1. The van der Waals surface area contributed by atoms with Gasteiger partial charge in [0.05, 0.1) is 11.5 Å². The van der Waals surface area contributed by atoms with Gasteiger partial charge in [-0.3, -0.25) is 14.9 Å². The molecule has 0 radical (unpaired) electrons. The average Bonchev–Trinajstić information content (AvgIpc) is 2.43. The van der Waals surface area contributed by atoms with Gasteiger partial charge in [0.15, 0.2) is 9.84 Å². The molecule has 0 aromatic heterocycles. The lowest BCUT2D eigenvalue weighted by atomic mass is 10.2. The van der Waals surface area contributed by atoms with Crippen LogP contribution in [-0.4, -0.2) is 43.0 Å². The van der Waals surface area contributed by atoms with Crippen molar-refractivity contribution in [2.24, 2.45) is 5.10 Å². The van der Waals surface area contributed by atoms with Crippen LogP contribution in [0.15, 0.2) is 35.4 Å². The van der Waals surface area contributed by atoms with Crippen LogP contribution in [-0.2, 0) is 9.84 Å². The molecule has 1 N–H and O–H groups in total. The highest BCUT2D eigenvalue weighted by atomic mass is 32.2. The summed E-state index contributed by atoms with van der Waals surface area (Å²) in [4.78, 5) is 21.1. The Bertz CT molecular complexity index is 640. The van der Waals surface area contributed by atoms with Crippen LogP contribution in [0.1, 0.15) is 17.3 Å². The molecule has 9 heteroatoms. The van der Waals surface area contributed by atoms with Crippen LogP contribution in [0.3, 0.4) is 0 Å². The van der Waals surface area contributed by atoms with Gasteiger partial charge in [-0.2, -0.15) is 5.10 Å². The molecule has 1 amide bonds. The molecule has 0 aliphatic rings. The highest BCUT2D eigenvalue weighted by molar-refractivity contribution is 7.92. The fraction of sp³-hybridized carbons (Fsp3) is 0.333. The molecule has 0 bridgehead atoms. The van der Waals surface area contributed by atoms with Crippen LogP contribution in [0.25, 0.3) is 0 Å². The number of benzene rings is 1. The number of nitrogens with one attached hydrogen (secondary N) is 1. The van der Waals surface area contributed by atoms with E-state index in [0.717, 1.165) is 0 Å². The third-order valence-electron chi connectivity index (χ3n) is 2.40. The third kappa shape index (κ3) is 6.61. The molecular formula is C12H15N3O5S. The zero-order valence-corrected chi connectivity index (χ0v) is 12.2. The van der Waals surface area contributed by atoms with Gasteiger partial charge in [-0.1, -0.05) is 18.2 Å². The average molecular weight is 313 g/mol. The van der Waals surface area contributed by atoms with E-state index in [-0.39, 0.29) is 5.71 Å². The number of hydrogen-bond acceptors (Lipinski definition) is 6. The quantitative estimate of drug-likeness (QED) is 0.446. The van der Waals surface area contributed by atoms with Crippen LogP contribution in [0.4, 0.5) is 0 Å². The summed E-state index contributed by atoms with van der Waals surface area (Å²) in [7, 11) is -3.61. The van der Waals surface area contributed by atoms with E-state index in [9.17, 15) is 23.3 Å². The summed E-state index contributed by atoms with van der Waals surface area (Å²) < 4.78 is 23.1. The lowest BCUT2D eigenvalue weighted by Crippen LogP contribution is -2.25. The van der Waals surface area contributed by atoms with Crippen molar-refractivity contribution < 1.29 is 18.1 Å². The van der Waals surface area contributed by atoms with Gasteiger partial charge in [0.2, 0.25) is 6.54 Å². The zero-order chi connectivity index (χ0) is 15.9. The highest BCUT2D eigenvalue weighted by Gasteiger charge is 2.16. The minimum atomic E-state index is -3.61. The Morgan fingerprint density at radius 3 is 2.52 bits per heavy atom. The first-order valence-electron chi connectivity index (χ1n) is 6.01. The summed E-state index contributed by atoms with van der Waals surface area (Å²) in [6.07, 6.45) is 0. The van der Waals surface area contributed by atoms with Gasteiger partial charge in [0.1, 0.15) is 5.75 Å². The second-order valence-corrected chi connectivity index (χ2v) is 6.49. The first kappa shape index (κ1) is 16.8. The van der Waals surface area contributed by atoms with E-state index in [4.69, 9.17) is 0 Å². The number of nitrogens with zero attached hydrogens (tertiary/aromatic N) is 2. The van der Waals surface area contributed by atoms with E-state index in [1.54, 1.807) is 30.3 Å². The summed E-state index contributed by atoms with van der Waals surface area (Å²) in [6, 6.07) is 8.32. The van der Waals surface area contributed by atoms with Crippen LogP contribution >= 0.6 is 0 Å². The molecule has 21 heavy (non-hydrogen) atoms. The molecule has 0 aliphatic heterocycles. The van der Waals surface area contributed by atoms with Crippen LogP contribution in [0.5, 0.6) is 0 Å². The molecule has 0 saturated carbocycles. The molecule has 1 rings (SSSR count). The van der Waals surface area contributed by atoms with Gasteiger partial charge in [-0.05, 0) is 19.1 Å². The van der Waals surface area contributed by atoms with E-state index < -0.39 is 38.7 Å². The van der Waals surface area contributed by atoms with E-state index in [1.807, 2.05) is 0 Å². The summed E-state index contributed by atoms with van der Waals surface area (Å²) in [6.45, 7) is 0.779. The molecule has 0 aliphatic carbocycles. The summed E-state index contributed by atoms with van der Waals surface area (Å²) in [5.41, 5.74) is 2.79. The van der Waals surface area contributed by atoms with E-state index in [0.29, 0.717) is 5.56 Å². The van der Waals surface area contributed by atoms with Gasteiger partial charge in [-0.15, -0.1) is 0 Å². The maximum absolute atomic E-state index is 11.7. The molecule has 0 unspecified atom stereocenters. The Hall–Kier alpha value is -2.29. The fourth-order valence-electron chi connectivity index (χ4n) is 1.44. The van der Waals surface area contributed by atoms with Gasteiger partial charge in [0.25, 0.3) is 5.91 Å². The van der Waals surface area contributed by atoms with E-state index >= 15 is 0 Å². The molecule has 0 atom stereocenters. The summed E-state index contributed by atoms with van der Waals surface area (Å²) >= 11 is 0. The molecule has 114 valence electrons. The zero-order valence-electron chi connectivity index (χ0n) is 11.4. The van der Waals surface area contributed by atoms with Crippen LogP contribution < -0.4 is 5.43 Å². The topological polar surface area (TPSA) is 119 Å². The van der Waals surface area contributed by atoms with Gasteiger partial charge in [0, 0.05) is 10.5 Å². The summed E-state index contributed by atoms with van der Waals surface area (Å²) in [5.74, 6) is -1.45. The Morgan fingerprint density at radius 1 is 1.33 bits per heavy atom. The number of nitro groups is 1. The number of hydrazone groups is 1. The van der Waals surface area contributed by atoms with Crippen molar-refractivity contribution >= 4 is 21.5 Å². The molecule has 0 saturated heterocycles. The monoisotopic (exact) mass is 313 g/mol. The maximum atomic E-state index is 11.7. The minimum absolute atomic E-state index is 0.155. The smallest absolute Gasteiger partial charge is 0.267 e. The molecule has 8 nitrogen and oxygen atoms in total. The Balaban J connectivity index is 2.57. The lowest BCUT2D eigenvalue weighted by molar-refractivity contribution is -0.474. The fourth-order valence-corrected chi connectivity index (χ4v) is 2.71. The van der Waals surface area contributed by atoms with Crippen molar-refractivity contribution in [3.63, 3.8) is 0 Å². The number of amides is 1. The molecule has 1 aromatic rings. The maximum Gasteiger partial charge on any atom is 0.271 e. The van der Waals surface area contributed by atoms with Gasteiger partial charge < -0.3 is 0 Å². The highest BCUT2D eigenvalue weighted by Crippen LogP contribution is 1.98. The molecule has 1 aromatic carbocycles. The van der Waals surface area contributed by atoms with Crippen LogP contribution in [0.2, 0.25) is 0 Å². The van der Waals surface area contributed by atoms with Gasteiger partial charge >= 0.3 is 0 Å². The Labute approximate surface area is 121 Å². The Kier molecular flexibility index (Phi) is 5.97. The van der Waals surface area contributed by atoms with Crippen molar-refractivity contribution in [3.05, 3.63) is 46.0 Å². The van der Waals surface area contributed by atoms with Crippen molar-refractivity contribution in [2.75, 3.05) is 18.1 Å². The molecular weight excluding hydrogens is 298 g/mol. The standard InChI is InChI=1S/C12H15N3O5S/c1-10(9-21(19,20)8-7-15(17)18)13-14-12(16)11-5-3-2-4-6-11/h2-6H,7-9H2,1H3,(H,14,16). The largest absolute Gasteiger partial charge is 0.271 e. The third-order valence-corrected chi connectivity index (χ3v) is 4.06. The number of carbonyl (C=O) groups is 1. The molecule has 0 heterocycles. The predicted molar refractivity (Wildman–Crippen MR) is 77.5 cm³/mol. The van der Waals surface area contributed by atoms with Crippen molar-refractivity contribution in [3.8, 4) is 0 Å². The normalized spacial score (nSPS) is 12.0. The second kappa shape index (κ2) is 7.48. The SMILES string of the molecule is CC(CS(=O)(=O)CC[N+](=O)[O-])=NNC(=O)c1ccccc1. The predicted octanol–water partition coefficient (Wildman–Crippen LogP) is 0.484. The van der Waals surface area contributed by atoms with Crippen LogP contribution in [0, 0.1) is 10.1 Å².